The summed E-state index contributed by atoms with van der Waals surface area (Å²) in [6.45, 7) is 0. The number of benzene rings is 2. The molecule has 4 aliphatic rings. The monoisotopic (exact) mass is 604 g/mol. The van der Waals surface area contributed by atoms with Crippen LogP contribution in [-0.4, -0.2) is 53.3 Å². The Balaban J connectivity index is 1.29. The van der Waals surface area contributed by atoms with E-state index >= 15 is 0 Å². The van der Waals surface area contributed by atoms with Gasteiger partial charge in [0.1, 0.15) is 5.75 Å². The van der Waals surface area contributed by atoms with Crippen LogP contribution in [0.4, 0.5) is 9.59 Å². The zero-order valence-corrected chi connectivity index (χ0v) is 26.8. The van der Waals surface area contributed by atoms with Crippen LogP contribution in [0.1, 0.15) is 128 Å². The Bertz CT molecular complexity index is 1220. The molecule has 0 saturated heterocycles. The summed E-state index contributed by atoms with van der Waals surface area (Å²) in [6.07, 6.45) is 22.0. The first-order chi connectivity index (χ1) is 21.6. The van der Waals surface area contributed by atoms with Crippen LogP contribution in [0.15, 0.2) is 30.3 Å². The van der Waals surface area contributed by atoms with Gasteiger partial charge in [-0.15, -0.1) is 0 Å². The van der Waals surface area contributed by atoms with E-state index in [0.717, 1.165) is 114 Å². The fraction of sp³-hybridized carbons (Fsp3) is 0.676. The van der Waals surface area contributed by atoms with E-state index in [1.807, 2.05) is 24.3 Å². The SMILES string of the molecule is COc1cc(OC(=O)N(C2CCCCC2)C2CCCCC2)c2ccccc2c1OC(=O)N(C1CCCCC1)C1CCCCC1. The van der Waals surface area contributed by atoms with Crippen molar-refractivity contribution in [3.05, 3.63) is 30.3 Å². The van der Waals surface area contributed by atoms with Crippen LogP contribution >= 0.6 is 0 Å². The largest absolute Gasteiger partial charge is 0.493 e. The highest BCUT2D eigenvalue weighted by Gasteiger charge is 2.36. The second kappa shape index (κ2) is 14.9. The van der Waals surface area contributed by atoms with Crippen LogP contribution in [0.3, 0.4) is 0 Å². The molecule has 7 nitrogen and oxygen atoms in total. The van der Waals surface area contributed by atoms with Gasteiger partial charge in [0, 0.05) is 41.0 Å². The molecule has 7 heteroatoms. The molecule has 0 N–H and O–H groups in total. The molecule has 4 saturated carbocycles. The van der Waals surface area contributed by atoms with Crippen molar-refractivity contribution in [3.8, 4) is 17.2 Å². The second-order valence-corrected chi connectivity index (χ2v) is 13.7. The van der Waals surface area contributed by atoms with Crippen LogP contribution in [-0.2, 0) is 0 Å². The Morgan fingerprint density at radius 1 is 0.545 bits per heavy atom. The van der Waals surface area contributed by atoms with Gasteiger partial charge in [-0.2, -0.15) is 0 Å². The molecule has 2 aromatic rings. The molecule has 0 unspecified atom stereocenters. The maximum absolute atomic E-state index is 14.1. The predicted molar refractivity (Wildman–Crippen MR) is 174 cm³/mol. The van der Waals surface area contributed by atoms with Crippen molar-refractivity contribution in [2.24, 2.45) is 0 Å². The molecule has 240 valence electrons. The molecule has 0 aliphatic heterocycles. The first-order valence-electron chi connectivity index (χ1n) is 17.7. The van der Waals surface area contributed by atoms with Gasteiger partial charge in [-0.25, -0.2) is 9.59 Å². The molecule has 0 radical (unpaired) electrons. The number of amides is 2. The summed E-state index contributed by atoms with van der Waals surface area (Å²) in [5, 5.41) is 1.47. The molecule has 44 heavy (non-hydrogen) atoms. The molecular formula is C37H52N2O5. The second-order valence-electron chi connectivity index (χ2n) is 13.7. The minimum atomic E-state index is -0.280. The van der Waals surface area contributed by atoms with Gasteiger partial charge in [0.2, 0.25) is 0 Å². The molecule has 2 amide bonds. The van der Waals surface area contributed by atoms with Crippen molar-refractivity contribution in [1.29, 1.82) is 0 Å². The molecule has 0 spiro atoms. The zero-order chi connectivity index (χ0) is 30.3. The topological polar surface area (TPSA) is 68.3 Å². The fourth-order valence-corrected chi connectivity index (χ4v) is 8.55. The van der Waals surface area contributed by atoms with Gasteiger partial charge in [-0.05, 0) is 51.4 Å². The third-order valence-corrected chi connectivity index (χ3v) is 10.8. The highest BCUT2D eigenvalue weighted by molar-refractivity contribution is 5.98. The Labute approximate surface area is 263 Å². The standard InChI is InChI=1S/C37H52N2O5/c1-42-34-26-33(43-36(40)38(27-16-6-2-7-17-27)28-18-8-3-9-19-28)31-24-14-15-25-32(31)35(34)44-37(41)39(29-20-10-4-11-21-29)30-22-12-5-13-23-30/h14-15,24-30H,2-13,16-23H2,1H3. The lowest BCUT2D eigenvalue weighted by Gasteiger charge is -2.41. The number of rotatable bonds is 7. The Morgan fingerprint density at radius 2 is 0.932 bits per heavy atom. The van der Waals surface area contributed by atoms with E-state index in [1.54, 1.807) is 13.2 Å². The summed E-state index contributed by atoms with van der Waals surface area (Å²) in [5.74, 6) is 1.27. The molecule has 6 rings (SSSR count). The average molecular weight is 605 g/mol. The van der Waals surface area contributed by atoms with E-state index in [4.69, 9.17) is 14.2 Å². The van der Waals surface area contributed by atoms with Crippen molar-refractivity contribution >= 4 is 23.0 Å². The minimum Gasteiger partial charge on any atom is -0.493 e. The highest BCUT2D eigenvalue weighted by atomic mass is 16.6. The number of carbonyl (C=O) groups is 2. The zero-order valence-electron chi connectivity index (χ0n) is 26.8. The number of hydrogen-bond donors (Lipinski definition) is 0. The summed E-state index contributed by atoms with van der Waals surface area (Å²) in [7, 11) is 1.59. The van der Waals surface area contributed by atoms with Crippen molar-refractivity contribution in [2.45, 2.75) is 153 Å². The Hall–Kier alpha value is -2.96. The van der Waals surface area contributed by atoms with Crippen LogP contribution in [0.5, 0.6) is 17.2 Å². The smallest absolute Gasteiger partial charge is 0.415 e. The van der Waals surface area contributed by atoms with Gasteiger partial charge in [-0.1, -0.05) is 101 Å². The number of nitrogens with zero attached hydrogens (tertiary/aromatic N) is 2. The first-order valence-corrected chi connectivity index (χ1v) is 17.7. The van der Waals surface area contributed by atoms with Crippen LogP contribution in [0, 0.1) is 0 Å². The van der Waals surface area contributed by atoms with E-state index < -0.39 is 0 Å². The Kier molecular flexibility index (Phi) is 10.5. The lowest BCUT2D eigenvalue weighted by molar-refractivity contribution is 0.0741. The lowest BCUT2D eigenvalue weighted by atomic mass is 9.89. The van der Waals surface area contributed by atoms with Crippen LogP contribution < -0.4 is 14.2 Å². The van der Waals surface area contributed by atoms with Crippen LogP contribution in [0.2, 0.25) is 0 Å². The van der Waals surface area contributed by atoms with E-state index in [-0.39, 0.29) is 36.4 Å². The molecule has 0 atom stereocenters. The number of fused-ring (bicyclic) bond motifs is 1. The number of methoxy groups -OCH3 is 1. The van der Waals surface area contributed by atoms with Crippen molar-refractivity contribution < 1.29 is 23.8 Å². The number of ether oxygens (including phenoxy) is 3. The van der Waals surface area contributed by atoms with Crippen molar-refractivity contribution in [2.75, 3.05) is 7.11 Å². The summed E-state index contributed by atoms with van der Waals surface area (Å²) in [6, 6.07) is 10.4. The highest BCUT2D eigenvalue weighted by Crippen LogP contribution is 2.43. The third kappa shape index (κ3) is 6.97. The van der Waals surface area contributed by atoms with Gasteiger partial charge in [0.25, 0.3) is 0 Å². The maximum Gasteiger partial charge on any atom is 0.415 e. The van der Waals surface area contributed by atoms with Crippen molar-refractivity contribution in [1.82, 2.24) is 9.80 Å². The molecule has 0 aromatic heterocycles. The quantitative estimate of drug-likeness (QED) is 0.315. The van der Waals surface area contributed by atoms with E-state index in [1.165, 1.54) is 25.7 Å². The predicted octanol–water partition coefficient (Wildman–Crippen LogP) is 9.78. The van der Waals surface area contributed by atoms with Gasteiger partial charge >= 0.3 is 12.2 Å². The van der Waals surface area contributed by atoms with Gasteiger partial charge in [0.15, 0.2) is 11.5 Å². The van der Waals surface area contributed by atoms with E-state index in [2.05, 4.69) is 9.80 Å². The summed E-state index contributed by atoms with van der Waals surface area (Å²) in [4.78, 5) is 32.3. The minimum absolute atomic E-state index is 0.224. The van der Waals surface area contributed by atoms with E-state index in [9.17, 15) is 9.59 Å². The summed E-state index contributed by atoms with van der Waals surface area (Å²) < 4.78 is 18.5. The molecule has 4 aliphatic carbocycles. The molecular weight excluding hydrogens is 552 g/mol. The fourth-order valence-electron chi connectivity index (χ4n) is 8.55. The van der Waals surface area contributed by atoms with Crippen LogP contribution in [0.25, 0.3) is 10.8 Å². The molecule has 0 bridgehead atoms. The third-order valence-electron chi connectivity index (χ3n) is 10.8. The van der Waals surface area contributed by atoms with Gasteiger partial charge < -0.3 is 24.0 Å². The Morgan fingerprint density at radius 3 is 1.34 bits per heavy atom. The number of hydrogen-bond acceptors (Lipinski definition) is 5. The summed E-state index contributed by atoms with van der Waals surface area (Å²) >= 11 is 0. The van der Waals surface area contributed by atoms with Gasteiger partial charge in [-0.3, -0.25) is 0 Å². The average Bonchev–Trinajstić information content (AvgIpc) is 3.08. The maximum atomic E-state index is 14.1. The number of carbonyl (C=O) groups excluding carboxylic acids is 2. The molecule has 4 fully saturated rings. The van der Waals surface area contributed by atoms with Crippen molar-refractivity contribution in [3.63, 3.8) is 0 Å². The first kappa shape index (κ1) is 31.0. The molecule has 0 heterocycles. The van der Waals surface area contributed by atoms with E-state index in [0.29, 0.717) is 17.2 Å². The normalized spacial score (nSPS) is 21.1. The lowest BCUT2D eigenvalue weighted by Crippen LogP contribution is -2.50. The molecule has 2 aromatic carbocycles. The van der Waals surface area contributed by atoms with Gasteiger partial charge in [0.05, 0.1) is 7.11 Å². The summed E-state index contributed by atoms with van der Waals surface area (Å²) in [5.41, 5.74) is 0.